The van der Waals surface area contributed by atoms with Gasteiger partial charge in [0.25, 0.3) is 0 Å². The molecule has 0 spiro atoms. The molecule has 0 unspecified atom stereocenters. The lowest BCUT2D eigenvalue weighted by molar-refractivity contribution is -0.139. The molecule has 1 aromatic heterocycles. The Bertz CT molecular complexity index is 1220. The first-order chi connectivity index (χ1) is 17.8. The summed E-state index contributed by atoms with van der Waals surface area (Å²) in [4.78, 5) is 40.1. The second-order valence-corrected chi connectivity index (χ2v) is 11.7. The molecule has 1 saturated heterocycles. The van der Waals surface area contributed by atoms with Gasteiger partial charge in [0.2, 0.25) is 5.91 Å². The van der Waals surface area contributed by atoms with Crippen molar-refractivity contribution in [1.82, 2.24) is 19.8 Å². The molecule has 0 bridgehead atoms. The number of aliphatic hydroxyl groups is 1. The van der Waals surface area contributed by atoms with Crippen LogP contribution in [0, 0.1) is 5.82 Å². The average molecular weight is 548 g/mol. The highest BCUT2D eigenvalue weighted by molar-refractivity contribution is 6.30. The second-order valence-electron chi connectivity index (χ2n) is 11.3. The maximum Gasteiger partial charge on any atom is 0.408 e. The van der Waals surface area contributed by atoms with Crippen molar-refractivity contribution < 1.29 is 24.2 Å². The molecule has 1 aromatic carbocycles. The highest BCUT2D eigenvalue weighted by atomic mass is 35.5. The van der Waals surface area contributed by atoms with Crippen LogP contribution in [0.25, 0.3) is 0 Å². The Morgan fingerprint density at radius 1 is 1.24 bits per heavy atom. The summed E-state index contributed by atoms with van der Waals surface area (Å²) in [6.45, 7) is 10.4. The van der Waals surface area contributed by atoms with Gasteiger partial charge in [-0.2, -0.15) is 0 Å². The second kappa shape index (κ2) is 10.6. The number of halogens is 2. The summed E-state index contributed by atoms with van der Waals surface area (Å²) in [7, 11) is 0. The van der Waals surface area contributed by atoms with E-state index >= 15 is 0 Å². The number of piperazine rings is 1. The molecule has 0 radical (unpaired) electrons. The fourth-order valence-electron chi connectivity index (χ4n) is 5.68. The molecule has 1 aliphatic carbocycles. The number of hydrogen-bond acceptors (Lipinski definition) is 6. The van der Waals surface area contributed by atoms with Crippen LogP contribution in [0.2, 0.25) is 5.02 Å². The predicted octanol–water partition coefficient (Wildman–Crippen LogP) is 4.24. The minimum absolute atomic E-state index is 0.0138. The lowest BCUT2D eigenvalue weighted by Crippen LogP contribution is -2.62. The lowest BCUT2D eigenvalue weighted by Gasteiger charge is -2.45. The van der Waals surface area contributed by atoms with Crippen LogP contribution in [-0.2, 0) is 11.2 Å². The first-order valence-electron chi connectivity index (χ1n) is 12.8. The van der Waals surface area contributed by atoms with Crippen LogP contribution in [0.1, 0.15) is 69.9 Å². The first-order valence-corrected chi connectivity index (χ1v) is 13.2. The molecule has 2 heterocycles. The molecule has 2 aromatic rings. The fourth-order valence-corrected chi connectivity index (χ4v) is 5.80. The molecule has 11 heteroatoms. The summed E-state index contributed by atoms with van der Waals surface area (Å²) >= 11 is 5.84. The number of nitrogens with zero attached hydrogens (tertiary/aromatic N) is 5. The van der Waals surface area contributed by atoms with Gasteiger partial charge in [0.05, 0.1) is 16.8 Å². The molecular weight excluding hydrogens is 513 g/mol. The summed E-state index contributed by atoms with van der Waals surface area (Å²) in [5.74, 6) is -0.0651. The van der Waals surface area contributed by atoms with E-state index in [2.05, 4.69) is 14.9 Å². The van der Waals surface area contributed by atoms with Gasteiger partial charge in [-0.15, -0.1) is 0 Å². The minimum Gasteiger partial charge on any atom is -0.465 e. The first kappa shape index (κ1) is 28.0. The summed E-state index contributed by atoms with van der Waals surface area (Å²) < 4.78 is 14.2. The smallest absolute Gasteiger partial charge is 0.408 e. The third kappa shape index (κ3) is 5.42. The highest BCUT2D eigenvalue weighted by Gasteiger charge is 2.42. The van der Waals surface area contributed by atoms with Crippen LogP contribution in [0.15, 0.2) is 24.5 Å². The molecule has 2 aliphatic rings. The van der Waals surface area contributed by atoms with E-state index in [0.717, 1.165) is 16.3 Å². The maximum absolute atomic E-state index is 14.2. The molecule has 38 heavy (non-hydrogen) atoms. The molecule has 2 amide bonds. The van der Waals surface area contributed by atoms with Crippen molar-refractivity contribution >= 4 is 29.4 Å². The van der Waals surface area contributed by atoms with Crippen LogP contribution < -0.4 is 4.90 Å². The number of carbonyl (C=O) groups is 2. The molecule has 0 saturated carbocycles. The van der Waals surface area contributed by atoms with E-state index in [1.165, 1.54) is 18.5 Å². The van der Waals surface area contributed by atoms with Gasteiger partial charge in [-0.1, -0.05) is 24.6 Å². The van der Waals surface area contributed by atoms with E-state index in [1.807, 2.05) is 13.8 Å². The van der Waals surface area contributed by atoms with E-state index in [1.54, 1.807) is 31.7 Å². The van der Waals surface area contributed by atoms with Crippen molar-refractivity contribution in [2.45, 2.75) is 77.1 Å². The zero-order valence-corrected chi connectivity index (χ0v) is 23.1. The highest BCUT2D eigenvalue weighted by Crippen LogP contribution is 2.43. The zero-order valence-electron chi connectivity index (χ0n) is 22.4. The predicted molar refractivity (Wildman–Crippen MR) is 142 cm³/mol. The summed E-state index contributed by atoms with van der Waals surface area (Å²) in [5.41, 5.74) is 1.21. The van der Waals surface area contributed by atoms with Crippen molar-refractivity contribution in [3.8, 4) is 0 Å². The molecular formula is C27H35ClFN5O4. The zero-order chi connectivity index (χ0) is 27.9. The minimum atomic E-state index is -1.22. The van der Waals surface area contributed by atoms with Crippen LogP contribution in [0.5, 0.6) is 0 Å². The van der Waals surface area contributed by atoms with Crippen molar-refractivity contribution in [2.75, 3.05) is 24.5 Å². The third-order valence-electron chi connectivity index (χ3n) is 7.43. The van der Waals surface area contributed by atoms with E-state index in [9.17, 15) is 24.2 Å². The van der Waals surface area contributed by atoms with Gasteiger partial charge in [0.1, 0.15) is 24.0 Å². The van der Waals surface area contributed by atoms with Crippen molar-refractivity contribution in [1.29, 1.82) is 0 Å². The molecule has 9 nitrogen and oxygen atoms in total. The van der Waals surface area contributed by atoms with Crippen molar-refractivity contribution in [3.63, 3.8) is 0 Å². The molecule has 1 fully saturated rings. The Balaban J connectivity index is 1.60. The SMILES string of the molecule is C[C@@H]1C[C@@H](O)c2ncnc(N3CCN(C(=O)[C@@H](Cc4ccc(Cl)c(F)c4)N(C(=O)O)C(C)(C)C)C[C@@H]3C)c21. The van der Waals surface area contributed by atoms with Crippen LogP contribution in [0.3, 0.4) is 0 Å². The number of hydrogen-bond donors (Lipinski definition) is 2. The number of aliphatic hydroxyl groups excluding tert-OH is 1. The Hall–Kier alpha value is -2.98. The molecule has 4 rings (SSSR count). The number of fused-ring (bicyclic) bond motifs is 1. The number of aromatic nitrogens is 2. The van der Waals surface area contributed by atoms with Crippen LogP contribution >= 0.6 is 11.6 Å². The Kier molecular flexibility index (Phi) is 7.86. The normalized spacial score (nSPS) is 22.3. The van der Waals surface area contributed by atoms with E-state index in [4.69, 9.17) is 11.6 Å². The summed E-state index contributed by atoms with van der Waals surface area (Å²) in [5, 5.41) is 20.4. The monoisotopic (exact) mass is 547 g/mol. The van der Waals surface area contributed by atoms with Gasteiger partial charge in [0.15, 0.2) is 0 Å². The van der Waals surface area contributed by atoms with Crippen molar-refractivity contribution in [2.24, 2.45) is 0 Å². The molecule has 1 aliphatic heterocycles. The maximum atomic E-state index is 14.2. The van der Waals surface area contributed by atoms with Gasteiger partial charge < -0.3 is 20.0 Å². The van der Waals surface area contributed by atoms with Gasteiger partial charge in [0, 0.05) is 43.2 Å². The summed E-state index contributed by atoms with van der Waals surface area (Å²) in [6, 6.07) is 3.11. The lowest BCUT2D eigenvalue weighted by atomic mass is 9.96. The third-order valence-corrected chi connectivity index (χ3v) is 7.74. The van der Waals surface area contributed by atoms with Gasteiger partial charge in [-0.3, -0.25) is 9.69 Å². The largest absolute Gasteiger partial charge is 0.465 e. The standard InChI is InChI=1S/C27H35ClFN5O4/c1-15-10-21(35)23-22(15)24(31-14-30-23)33-9-8-32(13-16(33)2)25(36)20(34(26(37)38)27(3,4)5)12-17-6-7-18(28)19(29)11-17/h6-7,11,14-16,20-21,35H,8-10,12-13H2,1-5H3,(H,37,38)/t15-,16+,20-,21-/m1/s1. The van der Waals surface area contributed by atoms with Gasteiger partial charge in [-0.25, -0.2) is 19.2 Å². The Morgan fingerprint density at radius 2 is 1.95 bits per heavy atom. The number of benzene rings is 1. The number of carbonyl (C=O) groups excluding carboxylic acids is 1. The number of amides is 2. The van der Waals surface area contributed by atoms with Crippen LogP contribution in [0.4, 0.5) is 15.0 Å². The average Bonchev–Trinajstić information content (AvgIpc) is 3.13. The Morgan fingerprint density at radius 3 is 2.55 bits per heavy atom. The van der Waals surface area contributed by atoms with Crippen molar-refractivity contribution in [3.05, 3.63) is 52.2 Å². The number of carboxylic acid groups (broad SMARTS) is 1. The van der Waals surface area contributed by atoms with Gasteiger partial charge in [-0.05, 0) is 57.7 Å². The van der Waals surface area contributed by atoms with E-state index in [0.29, 0.717) is 37.3 Å². The van der Waals surface area contributed by atoms with E-state index in [-0.39, 0.29) is 29.3 Å². The molecule has 4 atom stereocenters. The quantitative estimate of drug-likeness (QED) is 0.576. The van der Waals surface area contributed by atoms with Gasteiger partial charge >= 0.3 is 6.09 Å². The topological polar surface area (TPSA) is 110 Å². The van der Waals surface area contributed by atoms with E-state index < -0.39 is 29.6 Å². The number of anilines is 1. The molecule has 206 valence electrons. The number of rotatable bonds is 5. The molecule has 2 N–H and O–H groups in total. The Labute approximate surface area is 227 Å². The fraction of sp³-hybridized carbons (Fsp3) is 0.556. The summed E-state index contributed by atoms with van der Waals surface area (Å²) in [6.07, 6.45) is 0.243. The van der Waals surface area contributed by atoms with Crippen LogP contribution in [-0.4, -0.2) is 79.2 Å².